The minimum absolute atomic E-state index is 0.00330. The molecule has 31 heavy (non-hydrogen) atoms. The summed E-state index contributed by atoms with van der Waals surface area (Å²) in [6, 6.07) is 4.71. The third-order valence-electron chi connectivity index (χ3n) is 5.05. The second-order valence-electron chi connectivity index (χ2n) is 8.64. The number of carbonyl (C=O) groups excluding carboxylic acids is 1. The van der Waals surface area contributed by atoms with E-state index in [1.807, 2.05) is 0 Å². The number of methoxy groups -OCH3 is 1. The van der Waals surface area contributed by atoms with Gasteiger partial charge in [-0.1, -0.05) is 0 Å². The monoisotopic (exact) mass is 496 g/mol. The van der Waals surface area contributed by atoms with Crippen LogP contribution in [0.2, 0.25) is 0 Å². The first-order valence-corrected chi connectivity index (χ1v) is 10.4. The highest BCUT2D eigenvalue weighted by atomic mass is 79.9. The molecule has 1 fully saturated rings. The number of aliphatic carboxylic acids is 1. The summed E-state index contributed by atoms with van der Waals surface area (Å²) < 4.78 is 17.4. The van der Waals surface area contributed by atoms with Gasteiger partial charge in [-0.3, -0.25) is 9.69 Å². The molecule has 2 aromatic rings. The molecule has 2 atom stereocenters. The Kier molecular flexibility index (Phi) is 5.96. The molecule has 1 aliphatic rings. The summed E-state index contributed by atoms with van der Waals surface area (Å²) in [5.74, 6) is -0.339. The second-order valence-corrected chi connectivity index (χ2v) is 9.50. The molecule has 1 aliphatic heterocycles. The van der Waals surface area contributed by atoms with Gasteiger partial charge >= 0.3 is 12.1 Å². The SMILES string of the molecule is COc1cc2[nH]c(=O)cc(O[C@H]3CN(C(=O)OC(C)(C)C)[C@](C)(C(=O)O)C3)c2cc1Br. The molecule has 10 heteroatoms. The molecule has 2 heterocycles. The molecule has 1 amide bonds. The minimum atomic E-state index is -1.51. The summed E-state index contributed by atoms with van der Waals surface area (Å²) >= 11 is 3.42. The fraction of sp³-hybridized carbons (Fsp3) is 0.476. The Morgan fingerprint density at radius 1 is 1.26 bits per heavy atom. The zero-order valence-corrected chi connectivity index (χ0v) is 19.5. The van der Waals surface area contributed by atoms with Crippen molar-refractivity contribution in [2.24, 2.45) is 0 Å². The van der Waals surface area contributed by atoms with Crippen molar-refractivity contribution in [3.05, 3.63) is 33.0 Å². The van der Waals surface area contributed by atoms with Gasteiger partial charge in [-0.2, -0.15) is 0 Å². The molecule has 0 aliphatic carbocycles. The van der Waals surface area contributed by atoms with Gasteiger partial charge in [0.2, 0.25) is 0 Å². The van der Waals surface area contributed by atoms with Crippen molar-refractivity contribution < 1.29 is 28.9 Å². The average Bonchev–Trinajstić information content (AvgIpc) is 2.98. The third kappa shape index (κ3) is 4.63. The van der Waals surface area contributed by atoms with Crippen LogP contribution in [0.25, 0.3) is 10.9 Å². The van der Waals surface area contributed by atoms with Crippen LogP contribution in [0.4, 0.5) is 4.79 Å². The number of fused-ring (bicyclic) bond motifs is 1. The van der Waals surface area contributed by atoms with E-state index in [1.54, 1.807) is 32.9 Å². The molecule has 168 valence electrons. The predicted octanol–water partition coefficient (Wildman–Crippen LogP) is 3.53. The van der Waals surface area contributed by atoms with Crippen LogP contribution in [0.15, 0.2) is 27.5 Å². The van der Waals surface area contributed by atoms with Crippen LogP contribution in [-0.2, 0) is 9.53 Å². The minimum Gasteiger partial charge on any atom is -0.495 e. The van der Waals surface area contributed by atoms with E-state index in [1.165, 1.54) is 25.0 Å². The maximum Gasteiger partial charge on any atom is 0.411 e. The van der Waals surface area contributed by atoms with E-state index >= 15 is 0 Å². The Morgan fingerprint density at radius 2 is 1.94 bits per heavy atom. The van der Waals surface area contributed by atoms with Gasteiger partial charge in [0, 0.05) is 23.9 Å². The maximum absolute atomic E-state index is 12.7. The lowest BCUT2D eigenvalue weighted by Gasteiger charge is -2.32. The number of likely N-dealkylation sites (tertiary alicyclic amines) is 1. The summed E-state index contributed by atoms with van der Waals surface area (Å²) in [6.45, 7) is 6.59. The van der Waals surface area contributed by atoms with Crippen LogP contribution in [-0.4, -0.2) is 58.0 Å². The molecule has 1 aromatic carbocycles. The molecule has 9 nitrogen and oxygen atoms in total. The standard InChI is InChI=1S/C21H25BrN2O7/c1-20(2,3)31-19(28)24-10-11(9-21(24,4)18(26)27)30-15-8-17(25)23-14-7-16(29-5)13(22)6-12(14)15/h6-8,11H,9-10H2,1-5H3,(H,23,25)(H,26,27)/t11-,21+/m1/s1. The van der Waals surface area contributed by atoms with Gasteiger partial charge in [0.15, 0.2) is 0 Å². The molecule has 3 rings (SSSR count). The van der Waals surface area contributed by atoms with E-state index in [2.05, 4.69) is 20.9 Å². The summed E-state index contributed by atoms with van der Waals surface area (Å²) in [4.78, 5) is 40.7. The lowest BCUT2D eigenvalue weighted by molar-refractivity contribution is -0.148. The van der Waals surface area contributed by atoms with Gasteiger partial charge in [0.1, 0.15) is 28.7 Å². The van der Waals surface area contributed by atoms with Crippen molar-refractivity contribution in [1.29, 1.82) is 0 Å². The van der Waals surface area contributed by atoms with Crippen molar-refractivity contribution in [3.8, 4) is 11.5 Å². The van der Waals surface area contributed by atoms with E-state index in [0.29, 0.717) is 21.1 Å². The Morgan fingerprint density at radius 3 is 2.52 bits per heavy atom. The second kappa shape index (κ2) is 8.07. The van der Waals surface area contributed by atoms with Gasteiger partial charge in [0.05, 0.1) is 23.6 Å². The number of ether oxygens (including phenoxy) is 3. The number of rotatable bonds is 4. The Labute approximate surface area is 187 Å². The molecular formula is C21H25BrN2O7. The average molecular weight is 497 g/mol. The number of carboxylic acids is 1. The third-order valence-corrected chi connectivity index (χ3v) is 5.67. The van der Waals surface area contributed by atoms with Crippen molar-refractivity contribution in [2.45, 2.75) is 51.4 Å². The number of nitrogens with one attached hydrogen (secondary N) is 1. The van der Waals surface area contributed by atoms with Gasteiger partial charge in [-0.25, -0.2) is 9.59 Å². The summed E-state index contributed by atoms with van der Waals surface area (Å²) in [5, 5.41) is 10.4. The molecular weight excluding hydrogens is 472 g/mol. The highest BCUT2D eigenvalue weighted by Gasteiger charge is 2.52. The van der Waals surface area contributed by atoms with Gasteiger partial charge < -0.3 is 24.3 Å². The van der Waals surface area contributed by atoms with Gasteiger partial charge in [0.25, 0.3) is 5.56 Å². The van der Waals surface area contributed by atoms with Crippen molar-refractivity contribution in [3.63, 3.8) is 0 Å². The Hall–Kier alpha value is -2.75. The molecule has 0 spiro atoms. The highest BCUT2D eigenvalue weighted by Crippen LogP contribution is 2.37. The van der Waals surface area contributed by atoms with E-state index < -0.39 is 29.3 Å². The summed E-state index contributed by atoms with van der Waals surface area (Å²) in [5.41, 5.74) is -2.15. The fourth-order valence-corrected chi connectivity index (χ4v) is 4.06. The number of halogens is 1. The van der Waals surface area contributed by atoms with Crippen LogP contribution in [0.1, 0.15) is 34.1 Å². The molecule has 2 N–H and O–H groups in total. The van der Waals surface area contributed by atoms with Crippen LogP contribution in [0.5, 0.6) is 11.5 Å². The first-order valence-electron chi connectivity index (χ1n) is 9.65. The maximum atomic E-state index is 12.7. The highest BCUT2D eigenvalue weighted by molar-refractivity contribution is 9.10. The number of pyridine rings is 1. The first kappa shape index (κ1) is 22.9. The molecule has 0 radical (unpaired) electrons. The summed E-state index contributed by atoms with van der Waals surface area (Å²) in [6.07, 6.45) is -1.35. The molecule has 0 saturated carbocycles. The van der Waals surface area contributed by atoms with Gasteiger partial charge in [-0.15, -0.1) is 0 Å². The Balaban J connectivity index is 1.95. The van der Waals surface area contributed by atoms with Crippen molar-refractivity contribution >= 4 is 38.9 Å². The topological polar surface area (TPSA) is 118 Å². The van der Waals surface area contributed by atoms with Crippen LogP contribution in [0, 0.1) is 0 Å². The van der Waals surface area contributed by atoms with Crippen LogP contribution in [0.3, 0.4) is 0 Å². The predicted molar refractivity (Wildman–Crippen MR) is 117 cm³/mol. The molecule has 0 unspecified atom stereocenters. The number of H-pyrrole nitrogens is 1. The first-order chi connectivity index (χ1) is 14.3. The Bertz CT molecular complexity index is 1090. The molecule has 0 bridgehead atoms. The zero-order valence-electron chi connectivity index (χ0n) is 17.9. The number of amides is 1. The van der Waals surface area contributed by atoms with E-state index in [9.17, 15) is 19.5 Å². The lowest BCUT2D eigenvalue weighted by Crippen LogP contribution is -2.52. The van der Waals surface area contributed by atoms with Crippen LogP contribution >= 0.6 is 15.9 Å². The largest absolute Gasteiger partial charge is 0.495 e. The fourth-order valence-electron chi connectivity index (χ4n) is 3.56. The molecule has 1 saturated heterocycles. The molecule has 1 aromatic heterocycles. The van der Waals surface area contributed by atoms with E-state index in [-0.39, 0.29) is 24.3 Å². The van der Waals surface area contributed by atoms with Crippen LogP contribution < -0.4 is 15.0 Å². The zero-order chi connectivity index (χ0) is 23.1. The number of hydrogen-bond acceptors (Lipinski definition) is 6. The number of aromatic amines is 1. The smallest absolute Gasteiger partial charge is 0.411 e. The number of aromatic nitrogens is 1. The van der Waals surface area contributed by atoms with Crippen molar-refractivity contribution in [2.75, 3.05) is 13.7 Å². The number of carbonyl (C=O) groups is 2. The number of hydrogen-bond donors (Lipinski definition) is 2. The number of carboxylic acid groups (broad SMARTS) is 1. The number of benzene rings is 1. The van der Waals surface area contributed by atoms with E-state index in [0.717, 1.165) is 0 Å². The number of nitrogens with zero attached hydrogens (tertiary/aromatic N) is 1. The van der Waals surface area contributed by atoms with Gasteiger partial charge in [-0.05, 0) is 49.7 Å². The lowest BCUT2D eigenvalue weighted by atomic mass is 9.98. The van der Waals surface area contributed by atoms with E-state index in [4.69, 9.17) is 14.2 Å². The summed E-state index contributed by atoms with van der Waals surface area (Å²) in [7, 11) is 1.51. The normalized spacial score (nSPS) is 21.2. The van der Waals surface area contributed by atoms with Crippen molar-refractivity contribution in [1.82, 2.24) is 9.88 Å². The quantitative estimate of drug-likeness (QED) is 0.664.